The fourth-order valence-electron chi connectivity index (χ4n) is 3.73. The Morgan fingerprint density at radius 3 is 1.34 bits per heavy atom. The van der Waals surface area contributed by atoms with Gasteiger partial charge in [-0.05, 0) is 61.9 Å². The molecular formula is C26H50O4Si2. The maximum Gasteiger partial charge on any atom is 0.192 e. The third kappa shape index (κ3) is 7.68. The molecule has 186 valence electrons. The maximum absolute atomic E-state index is 6.71. The summed E-state index contributed by atoms with van der Waals surface area (Å²) in [6, 6.07) is 0. The van der Waals surface area contributed by atoms with Crippen molar-refractivity contribution in [3.63, 3.8) is 0 Å². The lowest BCUT2D eigenvalue weighted by molar-refractivity contribution is -0.0654. The van der Waals surface area contributed by atoms with Crippen LogP contribution in [0.1, 0.15) is 80.1 Å². The van der Waals surface area contributed by atoms with Crippen molar-refractivity contribution in [1.29, 1.82) is 0 Å². The molecule has 2 aliphatic heterocycles. The zero-order valence-electron chi connectivity index (χ0n) is 22.6. The second-order valence-corrected chi connectivity index (χ2v) is 22.2. The summed E-state index contributed by atoms with van der Waals surface area (Å²) in [5.41, 5.74) is 0. The van der Waals surface area contributed by atoms with Gasteiger partial charge < -0.3 is 18.3 Å². The molecule has 2 rings (SSSR count). The number of rotatable bonds is 6. The molecule has 2 fully saturated rings. The maximum atomic E-state index is 6.71. The minimum absolute atomic E-state index is 0.0805. The first-order valence-corrected chi connectivity index (χ1v) is 18.5. The molecule has 0 N–H and O–H groups in total. The fraction of sp³-hybridized carbons (Fsp3) is 0.923. The minimum Gasteiger partial charge on any atom is -0.411 e. The van der Waals surface area contributed by atoms with Gasteiger partial charge in [0.15, 0.2) is 16.6 Å². The molecule has 0 aromatic carbocycles. The molecule has 0 aromatic heterocycles. The van der Waals surface area contributed by atoms with Crippen molar-refractivity contribution < 1.29 is 18.3 Å². The first-order valence-electron chi connectivity index (χ1n) is 12.7. The van der Waals surface area contributed by atoms with Gasteiger partial charge in [-0.15, -0.1) is 11.8 Å². The molecule has 6 heteroatoms. The summed E-state index contributed by atoms with van der Waals surface area (Å²) in [4.78, 5) is 0. The Balaban J connectivity index is 1.95. The van der Waals surface area contributed by atoms with Crippen LogP contribution in [0.2, 0.25) is 36.3 Å². The van der Waals surface area contributed by atoms with Crippen LogP contribution < -0.4 is 0 Å². The van der Waals surface area contributed by atoms with E-state index in [1.165, 1.54) is 0 Å². The highest BCUT2D eigenvalue weighted by molar-refractivity contribution is 6.74. The van der Waals surface area contributed by atoms with E-state index in [2.05, 4.69) is 79.6 Å². The molecule has 4 atom stereocenters. The van der Waals surface area contributed by atoms with Gasteiger partial charge in [0.25, 0.3) is 0 Å². The molecule has 2 saturated heterocycles. The summed E-state index contributed by atoms with van der Waals surface area (Å²) in [6.07, 6.45) is 6.27. The monoisotopic (exact) mass is 482 g/mol. The van der Waals surface area contributed by atoms with E-state index in [1.807, 2.05) is 0 Å². The molecule has 2 aliphatic rings. The molecule has 4 nitrogen and oxygen atoms in total. The zero-order valence-corrected chi connectivity index (χ0v) is 24.6. The quantitative estimate of drug-likeness (QED) is 0.304. The Labute approximate surface area is 200 Å². The lowest BCUT2D eigenvalue weighted by Gasteiger charge is -2.42. The van der Waals surface area contributed by atoms with Gasteiger partial charge in [0.2, 0.25) is 0 Å². The predicted molar refractivity (Wildman–Crippen MR) is 139 cm³/mol. The summed E-state index contributed by atoms with van der Waals surface area (Å²) < 4.78 is 25.6. The van der Waals surface area contributed by atoms with E-state index in [9.17, 15) is 0 Å². The van der Waals surface area contributed by atoms with Crippen molar-refractivity contribution in [2.45, 2.75) is 141 Å². The summed E-state index contributed by atoms with van der Waals surface area (Å²) in [5.74, 6) is 6.81. The molecular weight excluding hydrogens is 432 g/mol. The van der Waals surface area contributed by atoms with Crippen molar-refractivity contribution in [2.75, 3.05) is 13.2 Å². The summed E-state index contributed by atoms with van der Waals surface area (Å²) in [6.45, 7) is 24.7. The van der Waals surface area contributed by atoms with Gasteiger partial charge in [-0.2, -0.15) is 0 Å². The lowest BCUT2D eigenvalue weighted by atomic mass is 10.0. The van der Waals surface area contributed by atoms with Crippen molar-refractivity contribution in [3.8, 4) is 11.8 Å². The molecule has 2 heterocycles. The standard InChI is InChI=1S/C26H50O4Si2/c1-25(2,3)31(7,8)29-23-17-13-19-27-21(23)15-11-12-16-22-24(18-14-20-28-22)30-32(9,10)26(4,5)6/h21-24H,13-20H2,1-10H3/t21-,22+,23+,24-. The van der Waals surface area contributed by atoms with E-state index >= 15 is 0 Å². The summed E-state index contributed by atoms with van der Waals surface area (Å²) in [5, 5.41) is 0.413. The van der Waals surface area contributed by atoms with Gasteiger partial charge in [-0.25, -0.2) is 0 Å². The first-order chi connectivity index (χ1) is 14.6. The van der Waals surface area contributed by atoms with Crippen LogP contribution in [-0.4, -0.2) is 54.3 Å². The minimum atomic E-state index is -1.82. The highest BCUT2D eigenvalue weighted by Gasteiger charge is 2.42. The first kappa shape index (κ1) is 28.1. The number of ether oxygens (including phenoxy) is 2. The highest BCUT2D eigenvalue weighted by atomic mass is 28.4. The molecule has 0 unspecified atom stereocenters. The largest absolute Gasteiger partial charge is 0.411 e. The Kier molecular flexibility index (Phi) is 9.69. The van der Waals surface area contributed by atoms with Gasteiger partial charge in [0.1, 0.15) is 0 Å². The van der Waals surface area contributed by atoms with Crippen molar-refractivity contribution in [3.05, 3.63) is 0 Å². The summed E-state index contributed by atoms with van der Waals surface area (Å²) >= 11 is 0. The number of hydrogen-bond acceptors (Lipinski definition) is 4. The van der Waals surface area contributed by atoms with E-state index in [4.69, 9.17) is 18.3 Å². The van der Waals surface area contributed by atoms with Gasteiger partial charge >= 0.3 is 0 Å². The van der Waals surface area contributed by atoms with Crippen molar-refractivity contribution in [2.24, 2.45) is 0 Å². The molecule has 32 heavy (non-hydrogen) atoms. The number of hydrogen-bond donors (Lipinski definition) is 0. The average molecular weight is 483 g/mol. The molecule has 0 aromatic rings. The Bertz CT molecular complexity index is 597. The van der Waals surface area contributed by atoms with Crippen LogP contribution in [0.5, 0.6) is 0 Å². The Hall–Kier alpha value is -0.166. The van der Waals surface area contributed by atoms with Gasteiger partial charge in [0.05, 0.1) is 24.4 Å². The van der Waals surface area contributed by atoms with Gasteiger partial charge in [-0.1, -0.05) is 41.5 Å². The third-order valence-corrected chi connectivity index (χ3v) is 17.0. The van der Waals surface area contributed by atoms with Crippen LogP contribution in [0.3, 0.4) is 0 Å². The fourth-order valence-corrected chi connectivity index (χ4v) is 6.49. The third-order valence-electron chi connectivity index (χ3n) is 8.00. The predicted octanol–water partition coefficient (Wildman–Crippen LogP) is 6.91. The normalized spacial score (nSPS) is 28.2. The molecule has 0 spiro atoms. The second kappa shape index (κ2) is 11.1. The van der Waals surface area contributed by atoms with E-state index in [-0.39, 0.29) is 34.5 Å². The molecule has 0 saturated carbocycles. The van der Waals surface area contributed by atoms with E-state index in [0.717, 1.165) is 51.7 Å². The van der Waals surface area contributed by atoms with Crippen molar-refractivity contribution >= 4 is 16.6 Å². The second-order valence-electron chi connectivity index (χ2n) is 12.7. The zero-order chi connectivity index (χ0) is 24.2. The van der Waals surface area contributed by atoms with Crippen LogP contribution in [0.4, 0.5) is 0 Å². The van der Waals surface area contributed by atoms with E-state index in [0.29, 0.717) is 0 Å². The van der Waals surface area contributed by atoms with Gasteiger partial charge in [-0.3, -0.25) is 0 Å². The van der Waals surface area contributed by atoms with Crippen LogP contribution in [0.25, 0.3) is 0 Å². The van der Waals surface area contributed by atoms with E-state index in [1.54, 1.807) is 0 Å². The SMILES string of the molecule is CC(C)(C)[Si](C)(C)O[C@H]1CCCO[C@@H]1CC#CC[C@@H]1OCCC[C@H]1O[Si](C)(C)C(C)(C)C. The summed E-state index contributed by atoms with van der Waals surface area (Å²) in [7, 11) is -3.63. The molecule has 0 radical (unpaired) electrons. The van der Waals surface area contributed by atoms with Crippen LogP contribution in [-0.2, 0) is 18.3 Å². The topological polar surface area (TPSA) is 36.9 Å². The average Bonchev–Trinajstić information content (AvgIpc) is 2.65. The van der Waals surface area contributed by atoms with Crippen molar-refractivity contribution in [1.82, 2.24) is 0 Å². The smallest absolute Gasteiger partial charge is 0.192 e. The van der Waals surface area contributed by atoms with Gasteiger partial charge in [0, 0.05) is 26.1 Å². The van der Waals surface area contributed by atoms with Crippen LogP contribution in [0.15, 0.2) is 0 Å². The Morgan fingerprint density at radius 2 is 1.03 bits per heavy atom. The van der Waals surface area contributed by atoms with Crippen LogP contribution >= 0.6 is 0 Å². The van der Waals surface area contributed by atoms with E-state index < -0.39 is 16.6 Å². The Morgan fingerprint density at radius 1 is 0.688 bits per heavy atom. The highest BCUT2D eigenvalue weighted by Crippen LogP contribution is 2.40. The lowest BCUT2D eigenvalue weighted by Crippen LogP contribution is -2.49. The molecule has 0 aliphatic carbocycles. The molecule has 0 amide bonds. The molecule has 0 bridgehead atoms. The van der Waals surface area contributed by atoms with Crippen LogP contribution in [0, 0.1) is 11.8 Å².